The van der Waals surface area contributed by atoms with Crippen LogP contribution in [0.1, 0.15) is 50.2 Å². The van der Waals surface area contributed by atoms with Gasteiger partial charge < -0.3 is 50.1 Å². The maximum atomic E-state index is 13.8. The van der Waals surface area contributed by atoms with Crippen molar-refractivity contribution < 1.29 is 39.2 Å². The Hall–Kier alpha value is -3.91. The van der Waals surface area contributed by atoms with Crippen LogP contribution in [-0.2, 0) is 22.4 Å². The molecule has 0 saturated carbocycles. The lowest BCUT2D eigenvalue weighted by Crippen LogP contribution is -2.56. The van der Waals surface area contributed by atoms with Crippen LogP contribution in [0.3, 0.4) is 0 Å². The highest BCUT2D eigenvalue weighted by Crippen LogP contribution is 2.26. The fraction of sp³-hybridized carbons (Fsp3) is 0.583. The number of hydrogen-bond donors (Lipinski definition) is 5. The number of hydrogen-bond acceptors (Lipinski definition) is 8. The summed E-state index contributed by atoms with van der Waals surface area (Å²) >= 11 is 0. The number of nitrogens with one attached hydrogen (secondary N) is 2. The molecule has 13 nitrogen and oxygen atoms in total. The number of nitrogens with zero attached hydrogens (tertiary/aromatic N) is 3. The summed E-state index contributed by atoms with van der Waals surface area (Å²) < 4.78 is 11.4. The first-order valence-corrected chi connectivity index (χ1v) is 17.6. The normalized spacial score (nSPS) is 26.0. The van der Waals surface area contributed by atoms with E-state index >= 15 is 0 Å². The average Bonchev–Trinajstić information content (AvgIpc) is 3.28. The van der Waals surface area contributed by atoms with Gasteiger partial charge in [0.25, 0.3) is 0 Å². The minimum atomic E-state index is -1.19. The molecule has 4 aliphatic rings. The summed E-state index contributed by atoms with van der Waals surface area (Å²) in [5, 5.41) is 35.7. The van der Waals surface area contributed by atoms with Crippen molar-refractivity contribution in [3.8, 4) is 5.75 Å². The van der Waals surface area contributed by atoms with Crippen LogP contribution in [0.4, 0.5) is 15.3 Å². The van der Waals surface area contributed by atoms with Crippen LogP contribution in [0.5, 0.6) is 5.75 Å². The molecular weight excluding hydrogens is 630 g/mol. The van der Waals surface area contributed by atoms with E-state index in [0.29, 0.717) is 63.7 Å². The molecule has 13 heteroatoms. The monoisotopic (exact) mass is 679 g/mol. The van der Waals surface area contributed by atoms with E-state index < -0.39 is 37.3 Å². The number of fused-ring (bicyclic) bond motifs is 1. The van der Waals surface area contributed by atoms with E-state index in [9.17, 15) is 29.7 Å². The Morgan fingerprint density at radius 1 is 0.980 bits per heavy atom. The summed E-state index contributed by atoms with van der Waals surface area (Å²) in [5.74, 6) is 0.918. The molecule has 266 valence electrons. The van der Waals surface area contributed by atoms with Crippen LogP contribution in [0, 0.1) is 5.92 Å². The number of para-hydroxylation sites is 1. The number of aliphatic hydroxyl groups is 3. The van der Waals surface area contributed by atoms with Gasteiger partial charge in [0.15, 0.2) is 0 Å². The summed E-state index contributed by atoms with van der Waals surface area (Å²) in [6, 6.07) is 13.8. The lowest BCUT2D eigenvalue weighted by molar-refractivity contribution is -0.229. The molecule has 3 fully saturated rings. The van der Waals surface area contributed by atoms with Crippen molar-refractivity contribution in [1.29, 1.82) is 0 Å². The quantitative estimate of drug-likeness (QED) is 0.284. The largest absolute Gasteiger partial charge is 0.465 e. The maximum absolute atomic E-state index is 13.8. The standard InChI is InChI=1S/C36H49N5O8/c1-23-10-15-39(16-11-23)34(45)29(20-24-6-8-27(9-7-24)48-32-21-30(43)33(44)31(22-42)49-32)38-35(46)40-17-13-26(14-18-40)41-19-12-25-4-2-3-5-28(25)37-36(41)47/h2-9,23,26,29-33,42-44H,10-22H2,1H3,(H,37,47)(H,38,46)/t29-,30?,31?,32+,33+/m1/s1. The predicted molar refractivity (Wildman–Crippen MR) is 181 cm³/mol. The smallest absolute Gasteiger partial charge is 0.322 e. The van der Waals surface area contributed by atoms with Gasteiger partial charge in [-0.3, -0.25) is 4.79 Å². The van der Waals surface area contributed by atoms with E-state index in [1.54, 1.807) is 17.0 Å². The lowest BCUT2D eigenvalue weighted by atomic mass is 9.97. The minimum absolute atomic E-state index is 0.0220. The molecule has 3 saturated heterocycles. The van der Waals surface area contributed by atoms with Crippen molar-refractivity contribution in [3.63, 3.8) is 0 Å². The van der Waals surface area contributed by atoms with Crippen LogP contribution < -0.4 is 15.4 Å². The number of rotatable bonds is 8. The number of urea groups is 2. The molecule has 4 aliphatic heterocycles. The van der Waals surface area contributed by atoms with Crippen LogP contribution in [0.25, 0.3) is 0 Å². The van der Waals surface area contributed by atoms with E-state index in [2.05, 4.69) is 17.6 Å². The molecule has 0 radical (unpaired) electrons. The van der Waals surface area contributed by atoms with Crippen LogP contribution in [0.2, 0.25) is 0 Å². The zero-order valence-electron chi connectivity index (χ0n) is 28.1. The van der Waals surface area contributed by atoms with Gasteiger partial charge in [0.05, 0.1) is 12.7 Å². The number of piperidine rings is 2. The number of carbonyl (C=O) groups excluding carboxylic acids is 3. The zero-order valence-corrected chi connectivity index (χ0v) is 28.1. The van der Waals surface area contributed by atoms with Gasteiger partial charge in [-0.05, 0) is 67.3 Å². The SMILES string of the molecule is CC1CCN(C(=O)[C@@H](Cc2ccc(O[C@@H]3CC(O)[C@H](O)C(CO)O3)cc2)NC(=O)N2CCC(N3CCc4ccccc4NC3=O)CC2)CC1. The highest BCUT2D eigenvalue weighted by atomic mass is 16.7. The second-order valence-electron chi connectivity index (χ2n) is 13.8. The van der Waals surface area contributed by atoms with Crippen molar-refractivity contribution in [3.05, 3.63) is 59.7 Å². The third kappa shape index (κ3) is 8.46. The van der Waals surface area contributed by atoms with Crippen molar-refractivity contribution >= 4 is 23.7 Å². The number of likely N-dealkylation sites (tertiary alicyclic amines) is 2. The topological polar surface area (TPSA) is 164 Å². The molecule has 5 atom stereocenters. The maximum Gasteiger partial charge on any atom is 0.322 e. The molecule has 2 aromatic carbocycles. The molecule has 5 amide bonds. The number of ether oxygens (including phenoxy) is 2. The fourth-order valence-electron chi connectivity index (χ4n) is 7.24. The molecule has 49 heavy (non-hydrogen) atoms. The van der Waals surface area contributed by atoms with Gasteiger partial charge in [0, 0.05) is 57.3 Å². The molecule has 4 heterocycles. The Bertz CT molecular complexity index is 1440. The number of aliphatic hydroxyl groups excluding tert-OH is 3. The van der Waals surface area contributed by atoms with Gasteiger partial charge in [-0.15, -0.1) is 0 Å². The molecule has 2 unspecified atom stereocenters. The molecule has 6 rings (SSSR count). The first kappa shape index (κ1) is 34.9. The summed E-state index contributed by atoms with van der Waals surface area (Å²) in [4.78, 5) is 46.0. The first-order chi connectivity index (χ1) is 23.7. The van der Waals surface area contributed by atoms with E-state index in [4.69, 9.17) is 9.47 Å². The Morgan fingerprint density at radius 3 is 2.39 bits per heavy atom. The first-order valence-electron chi connectivity index (χ1n) is 17.6. The van der Waals surface area contributed by atoms with Crippen molar-refractivity contribution in [2.24, 2.45) is 5.92 Å². The molecule has 2 aromatic rings. The Labute approximate surface area is 287 Å². The van der Waals surface area contributed by atoms with Crippen molar-refractivity contribution in [2.45, 2.75) is 88.6 Å². The van der Waals surface area contributed by atoms with E-state index in [0.717, 1.165) is 36.1 Å². The predicted octanol–water partition coefficient (Wildman–Crippen LogP) is 2.33. The highest BCUT2D eigenvalue weighted by Gasteiger charge is 2.38. The van der Waals surface area contributed by atoms with Crippen molar-refractivity contribution in [2.75, 3.05) is 44.6 Å². The zero-order chi connectivity index (χ0) is 34.5. The molecule has 0 aliphatic carbocycles. The summed E-state index contributed by atoms with van der Waals surface area (Å²) in [7, 11) is 0. The number of carbonyl (C=O) groups is 3. The number of anilines is 1. The van der Waals surface area contributed by atoms with E-state index in [1.807, 2.05) is 46.2 Å². The second kappa shape index (κ2) is 15.8. The molecular formula is C36H49N5O8. The second-order valence-corrected chi connectivity index (χ2v) is 13.8. The Morgan fingerprint density at radius 2 is 1.67 bits per heavy atom. The third-order valence-electron chi connectivity index (χ3n) is 10.4. The van der Waals surface area contributed by atoms with Crippen LogP contribution in [-0.4, -0.2) is 124 Å². The van der Waals surface area contributed by atoms with E-state index in [1.165, 1.54) is 0 Å². The third-order valence-corrected chi connectivity index (χ3v) is 10.4. The van der Waals surface area contributed by atoms with Gasteiger partial charge in [-0.2, -0.15) is 0 Å². The van der Waals surface area contributed by atoms with Gasteiger partial charge in [-0.1, -0.05) is 37.3 Å². The van der Waals surface area contributed by atoms with Gasteiger partial charge in [0.1, 0.15) is 24.0 Å². The Kier molecular flexibility index (Phi) is 11.2. The molecule has 0 spiro atoms. The lowest BCUT2D eigenvalue weighted by Gasteiger charge is -2.38. The van der Waals surface area contributed by atoms with Gasteiger partial charge in [0.2, 0.25) is 12.2 Å². The van der Waals surface area contributed by atoms with Crippen molar-refractivity contribution in [1.82, 2.24) is 20.0 Å². The minimum Gasteiger partial charge on any atom is -0.465 e. The van der Waals surface area contributed by atoms with Gasteiger partial charge >= 0.3 is 12.1 Å². The molecule has 0 bridgehead atoms. The number of amides is 5. The molecule has 0 aromatic heterocycles. The number of benzene rings is 2. The average molecular weight is 680 g/mol. The summed E-state index contributed by atoms with van der Waals surface area (Å²) in [5.41, 5.74) is 2.80. The van der Waals surface area contributed by atoms with Gasteiger partial charge in [-0.25, -0.2) is 9.59 Å². The fourth-order valence-corrected chi connectivity index (χ4v) is 7.24. The molecule has 5 N–H and O–H groups in total. The Balaban J connectivity index is 1.07. The highest BCUT2D eigenvalue weighted by molar-refractivity contribution is 5.91. The van der Waals surface area contributed by atoms with Crippen LogP contribution >= 0.6 is 0 Å². The summed E-state index contributed by atoms with van der Waals surface area (Å²) in [6.45, 7) is 4.63. The van der Waals surface area contributed by atoms with E-state index in [-0.39, 0.29) is 30.4 Å². The van der Waals surface area contributed by atoms with Crippen LogP contribution in [0.15, 0.2) is 48.5 Å². The summed E-state index contributed by atoms with van der Waals surface area (Å²) in [6.07, 6.45) is 0.207.